The van der Waals surface area contributed by atoms with E-state index in [1.807, 2.05) is 18.2 Å². The van der Waals surface area contributed by atoms with Crippen molar-refractivity contribution in [3.05, 3.63) is 18.2 Å². The molecule has 1 aromatic carbocycles. The van der Waals surface area contributed by atoms with Gasteiger partial charge < -0.3 is 20.5 Å². The van der Waals surface area contributed by atoms with E-state index in [0.29, 0.717) is 12.3 Å². The first kappa shape index (κ1) is 12.6. The van der Waals surface area contributed by atoms with Gasteiger partial charge in [0.2, 0.25) is 0 Å². The molecule has 1 aromatic rings. The van der Waals surface area contributed by atoms with Crippen LogP contribution < -0.4 is 15.8 Å². The second kappa shape index (κ2) is 6.23. The summed E-state index contributed by atoms with van der Waals surface area (Å²) in [6.07, 6.45) is 0.985. The molecule has 0 aliphatic carbocycles. The first-order valence-corrected chi connectivity index (χ1v) is 5.40. The SMILES string of the molecule is CCC(COC)Nc1ccc(OC)cc1N. The number of benzene rings is 1. The van der Waals surface area contributed by atoms with Crippen molar-refractivity contribution in [2.75, 3.05) is 31.9 Å². The van der Waals surface area contributed by atoms with Gasteiger partial charge in [0, 0.05) is 19.2 Å². The number of nitrogen functional groups attached to an aromatic ring is 1. The monoisotopic (exact) mass is 224 g/mol. The molecule has 3 N–H and O–H groups in total. The summed E-state index contributed by atoms with van der Waals surface area (Å²) in [6.45, 7) is 2.78. The van der Waals surface area contributed by atoms with Gasteiger partial charge in [-0.15, -0.1) is 0 Å². The van der Waals surface area contributed by atoms with Gasteiger partial charge in [-0.2, -0.15) is 0 Å². The van der Waals surface area contributed by atoms with E-state index in [1.165, 1.54) is 0 Å². The van der Waals surface area contributed by atoms with Crippen LogP contribution in [0.1, 0.15) is 13.3 Å². The summed E-state index contributed by atoms with van der Waals surface area (Å²) in [5, 5.41) is 3.34. The lowest BCUT2D eigenvalue weighted by Crippen LogP contribution is -2.24. The van der Waals surface area contributed by atoms with Gasteiger partial charge in [0.15, 0.2) is 0 Å². The highest BCUT2D eigenvalue weighted by Crippen LogP contribution is 2.24. The molecule has 0 saturated carbocycles. The Morgan fingerprint density at radius 2 is 2.12 bits per heavy atom. The molecule has 0 aliphatic rings. The summed E-state index contributed by atoms with van der Waals surface area (Å²) in [5.74, 6) is 0.767. The number of nitrogens with one attached hydrogen (secondary N) is 1. The van der Waals surface area contributed by atoms with E-state index in [9.17, 15) is 0 Å². The molecule has 0 bridgehead atoms. The van der Waals surface area contributed by atoms with Crippen LogP contribution in [0.5, 0.6) is 5.75 Å². The van der Waals surface area contributed by atoms with Crippen molar-refractivity contribution in [3.63, 3.8) is 0 Å². The van der Waals surface area contributed by atoms with Gasteiger partial charge in [-0.1, -0.05) is 6.92 Å². The van der Waals surface area contributed by atoms with E-state index in [-0.39, 0.29) is 6.04 Å². The fraction of sp³-hybridized carbons (Fsp3) is 0.500. The Labute approximate surface area is 96.7 Å². The lowest BCUT2D eigenvalue weighted by Gasteiger charge is -2.18. The zero-order valence-electron chi connectivity index (χ0n) is 10.1. The molecule has 16 heavy (non-hydrogen) atoms. The predicted octanol–water partition coefficient (Wildman–Crippen LogP) is 2.11. The standard InChI is InChI=1S/C12H20N2O2/c1-4-9(8-15-2)14-12-6-5-10(16-3)7-11(12)13/h5-7,9,14H,4,8,13H2,1-3H3. The third-order valence-corrected chi connectivity index (χ3v) is 2.48. The molecular formula is C12H20N2O2. The minimum Gasteiger partial charge on any atom is -0.497 e. The van der Waals surface area contributed by atoms with Gasteiger partial charge in [0.05, 0.1) is 25.1 Å². The summed E-state index contributed by atoms with van der Waals surface area (Å²) in [5.41, 5.74) is 7.52. The topological polar surface area (TPSA) is 56.5 Å². The summed E-state index contributed by atoms with van der Waals surface area (Å²) < 4.78 is 10.2. The Bertz CT molecular complexity index is 329. The van der Waals surface area contributed by atoms with Crippen LogP contribution in [0.2, 0.25) is 0 Å². The summed E-state index contributed by atoms with van der Waals surface area (Å²) in [7, 11) is 3.32. The molecule has 1 rings (SSSR count). The number of rotatable bonds is 6. The number of hydrogen-bond acceptors (Lipinski definition) is 4. The highest BCUT2D eigenvalue weighted by atomic mass is 16.5. The van der Waals surface area contributed by atoms with Crippen LogP contribution in [0, 0.1) is 0 Å². The average Bonchev–Trinajstić information content (AvgIpc) is 2.30. The minimum absolute atomic E-state index is 0.278. The molecule has 0 fully saturated rings. The van der Waals surface area contributed by atoms with Crippen LogP contribution in [0.25, 0.3) is 0 Å². The highest BCUT2D eigenvalue weighted by molar-refractivity contribution is 5.68. The van der Waals surface area contributed by atoms with Crippen molar-refractivity contribution in [2.24, 2.45) is 0 Å². The number of nitrogens with two attached hydrogens (primary N) is 1. The second-order valence-corrected chi connectivity index (χ2v) is 3.66. The van der Waals surface area contributed by atoms with Gasteiger partial charge in [-0.25, -0.2) is 0 Å². The largest absolute Gasteiger partial charge is 0.497 e. The highest BCUT2D eigenvalue weighted by Gasteiger charge is 2.08. The summed E-state index contributed by atoms with van der Waals surface area (Å²) in [6, 6.07) is 5.90. The molecule has 0 radical (unpaired) electrons. The summed E-state index contributed by atoms with van der Waals surface area (Å²) >= 11 is 0. The Balaban J connectivity index is 2.72. The maximum Gasteiger partial charge on any atom is 0.121 e. The van der Waals surface area contributed by atoms with Gasteiger partial charge in [-0.05, 0) is 18.6 Å². The van der Waals surface area contributed by atoms with Crippen molar-refractivity contribution in [2.45, 2.75) is 19.4 Å². The molecular weight excluding hydrogens is 204 g/mol. The van der Waals surface area contributed by atoms with Gasteiger partial charge in [0.1, 0.15) is 5.75 Å². The molecule has 4 nitrogen and oxygen atoms in total. The lowest BCUT2D eigenvalue weighted by molar-refractivity contribution is 0.184. The summed E-state index contributed by atoms with van der Waals surface area (Å²) in [4.78, 5) is 0. The third-order valence-electron chi connectivity index (χ3n) is 2.48. The van der Waals surface area contributed by atoms with Gasteiger partial charge in [0.25, 0.3) is 0 Å². The fourth-order valence-electron chi connectivity index (χ4n) is 1.48. The normalized spacial score (nSPS) is 12.2. The molecule has 0 spiro atoms. The minimum atomic E-state index is 0.278. The van der Waals surface area contributed by atoms with E-state index in [0.717, 1.165) is 17.9 Å². The maximum atomic E-state index is 5.91. The first-order valence-electron chi connectivity index (χ1n) is 5.40. The first-order chi connectivity index (χ1) is 7.71. The van der Waals surface area contributed by atoms with Crippen LogP contribution in [0.15, 0.2) is 18.2 Å². The molecule has 0 aromatic heterocycles. The van der Waals surface area contributed by atoms with E-state index in [4.69, 9.17) is 15.2 Å². The van der Waals surface area contributed by atoms with Crippen LogP contribution in [-0.4, -0.2) is 26.9 Å². The second-order valence-electron chi connectivity index (χ2n) is 3.66. The van der Waals surface area contributed by atoms with Crippen molar-refractivity contribution in [1.29, 1.82) is 0 Å². The van der Waals surface area contributed by atoms with Crippen molar-refractivity contribution in [3.8, 4) is 5.75 Å². The van der Waals surface area contributed by atoms with Gasteiger partial charge >= 0.3 is 0 Å². The van der Waals surface area contributed by atoms with Crippen LogP contribution in [-0.2, 0) is 4.74 Å². The molecule has 90 valence electrons. The van der Waals surface area contributed by atoms with Crippen LogP contribution >= 0.6 is 0 Å². The van der Waals surface area contributed by atoms with Crippen LogP contribution in [0.4, 0.5) is 11.4 Å². The Morgan fingerprint density at radius 3 is 2.62 bits per heavy atom. The van der Waals surface area contributed by atoms with Crippen molar-refractivity contribution >= 4 is 11.4 Å². The molecule has 0 heterocycles. The predicted molar refractivity (Wildman–Crippen MR) is 67.0 cm³/mol. The van der Waals surface area contributed by atoms with E-state index in [1.54, 1.807) is 14.2 Å². The van der Waals surface area contributed by atoms with Gasteiger partial charge in [-0.3, -0.25) is 0 Å². The molecule has 0 saturated heterocycles. The maximum absolute atomic E-state index is 5.91. The molecule has 4 heteroatoms. The van der Waals surface area contributed by atoms with Crippen LogP contribution in [0.3, 0.4) is 0 Å². The number of anilines is 2. The lowest BCUT2D eigenvalue weighted by atomic mass is 10.2. The quantitative estimate of drug-likeness (QED) is 0.727. The van der Waals surface area contributed by atoms with Crippen molar-refractivity contribution in [1.82, 2.24) is 0 Å². The molecule has 0 aliphatic heterocycles. The zero-order valence-corrected chi connectivity index (χ0v) is 10.1. The molecule has 1 unspecified atom stereocenters. The Kier molecular flexibility index (Phi) is 4.92. The average molecular weight is 224 g/mol. The van der Waals surface area contributed by atoms with E-state index in [2.05, 4.69) is 12.2 Å². The Morgan fingerprint density at radius 1 is 1.38 bits per heavy atom. The fourth-order valence-corrected chi connectivity index (χ4v) is 1.48. The molecule has 0 amide bonds. The zero-order chi connectivity index (χ0) is 12.0. The van der Waals surface area contributed by atoms with Crippen molar-refractivity contribution < 1.29 is 9.47 Å². The van der Waals surface area contributed by atoms with E-state index >= 15 is 0 Å². The number of hydrogen-bond donors (Lipinski definition) is 2. The number of methoxy groups -OCH3 is 2. The third kappa shape index (κ3) is 3.31. The Hall–Kier alpha value is -1.42. The molecule has 1 atom stereocenters. The number of ether oxygens (including phenoxy) is 2. The van der Waals surface area contributed by atoms with E-state index < -0.39 is 0 Å². The smallest absolute Gasteiger partial charge is 0.121 e.